The maximum atomic E-state index is 9.79. The molecular weight excluding hydrogens is 176 g/mol. The summed E-state index contributed by atoms with van der Waals surface area (Å²) >= 11 is 5.70. The van der Waals surface area contributed by atoms with Crippen molar-refractivity contribution in [1.29, 1.82) is 0 Å². The van der Waals surface area contributed by atoms with E-state index in [2.05, 4.69) is 9.98 Å². The fourth-order valence-corrected chi connectivity index (χ4v) is 0.930. The van der Waals surface area contributed by atoms with E-state index >= 15 is 0 Å². The molecule has 0 saturated heterocycles. The lowest BCUT2D eigenvalue weighted by atomic mass is 10.2. The van der Waals surface area contributed by atoms with Gasteiger partial charge in [0.2, 0.25) is 6.08 Å². The van der Waals surface area contributed by atoms with E-state index in [1.807, 2.05) is 13.0 Å². The van der Waals surface area contributed by atoms with Gasteiger partial charge in [-0.15, -0.1) is 0 Å². The number of aryl methyl sites for hydroxylation is 1. The molecule has 1 aromatic rings. The number of nitrogens with zero attached hydrogens (tertiary/aromatic N) is 2. The molecule has 0 saturated carbocycles. The van der Waals surface area contributed by atoms with Gasteiger partial charge in [0, 0.05) is 6.20 Å². The number of aliphatic imine (C=N–C) groups is 1. The lowest BCUT2D eigenvalue weighted by Gasteiger charge is -1.98. The predicted octanol–water partition coefficient (Wildman–Crippen LogP) is 1.88. The van der Waals surface area contributed by atoms with Crippen LogP contribution in [0, 0.1) is 6.92 Å². The molecule has 0 aromatic carbocycles. The van der Waals surface area contributed by atoms with Crippen LogP contribution in [0.2, 0.25) is 5.15 Å². The van der Waals surface area contributed by atoms with Crippen molar-refractivity contribution >= 4 is 17.7 Å². The molecule has 0 aliphatic carbocycles. The first-order valence-electron chi connectivity index (χ1n) is 3.38. The fraction of sp³-hybridized carbons (Fsp3) is 0.250. The predicted molar refractivity (Wildman–Crippen MR) is 45.8 cm³/mol. The Morgan fingerprint density at radius 3 is 3.08 bits per heavy atom. The fourth-order valence-electron chi connectivity index (χ4n) is 0.826. The van der Waals surface area contributed by atoms with E-state index in [9.17, 15) is 4.79 Å². The molecule has 0 amide bonds. The lowest BCUT2D eigenvalue weighted by Crippen LogP contribution is -1.87. The summed E-state index contributed by atoms with van der Waals surface area (Å²) in [6.07, 6.45) is 3.06. The Bertz CT molecular complexity index is 332. The molecule has 0 atom stereocenters. The summed E-state index contributed by atoms with van der Waals surface area (Å²) in [7, 11) is 0. The van der Waals surface area contributed by atoms with Gasteiger partial charge in [-0.25, -0.2) is 14.8 Å². The molecule has 1 aromatic heterocycles. The number of carbonyl (C=O) groups excluding carboxylic acids is 1. The lowest BCUT2D eigenvalue weighted by molar-refractivity contribution is 0.562. The van der Waals surface area contributed by atoms with Gasteiger partial charge in [0.1, 0.15) is 5.15 Å². The first-order chi connectivity index (χ1) is 5.74. The van der Waals surface area contributed by atoms with Crippen molar-refractivity contribution in [3.8, 4) is 0 Å². The molecule has 0 bridgehead atoms. The van der Waals surface area contributed by atoms with Gasteiger partial charge in [-0.05, 0) is 24.1 Å². The van der Waals surface area contributed by atoms with Crippen LogP contribution in [0.1, 0.15) is 11.1 Å². The van der Waals surface area contributed by atoms with E-state index < -0.39 is 0 Å². The van der Waals surface area contributed by atoms with Gasteiger partial charge < -0.3 is 0 Å². The van der Waals surface area contributed by atoms with Crippen LogP contribution < -0.4 is 0 Å². The summed E-state index contributed by atoms with van der Waals surface area (Å²) < 4.78 is 0. The van der Waals surface area contributed by atoms with Crippen molar-refractivity contribution in [2.45, 2.75) is 13.5 Å². The van der Waals surface area contributed by atoms with Crippen molar-refractivity contribution < 1.29 is 4.79 Å². The molecule has 4 heteroatoms. The van der Waals surface area contributed by atoms with Gasteiger partial charge in [-0.2, -0.15) is 0 Å². The van der Waals surface area contributed by atoms with Gasteiger partial charge >= 0.3 is 0 Å². The summed E-state index contributed by atoms with van der Waals surface area (Å²) in [5.74, 6) is 0. The van der Waals surface area contributed by atoms with Crippen LogP contribution in [0.25, 0.3) is 0 Å². The molecule has 0 aliphatic rings. The molecule has 0 unspecified atom stereocenters. The van der Waals surface area contributed by atoms with Crippen molar-refractivity contribution in [2.24, 2.45) is 4.99 Å². The van der Waals surface area contributed by atoms with Crippen LogP contribution in [0.3, 0.4) is 0 Å². The molecule has 1 rings (SSSR count). The standard InChI is InChI=1S/C8H7ClN2O/c1-6-2-7(3-10-5-12)4-11-8(6)9/h2,4H,3H2,1H3. The van der Waals surface area contributed by atoms with Crippen LogP contribution in [0.4, 0.5) is 0 Å². The Morgan fingerprint density at radius 1 is 1.75 bits per heavy atom. The highest BCUT2D eigenvalue weighted by atomic mass is 35.5. The molecule has 0 spiro atoms. The number of aromatic nitrogens is 1. The van der Waals surface area contributed by atoms with Crippen LogP contribution in [-0.4, -0.2) is 11.1 Å². The zero-order chi connectivity index (χ0) is 8.97. The zero-order valence-electron chi connectivity index (χ0n) is 6.54. The van der Waals surface area contributed by atoms with E-state index in [-0.39, 0.29) is 0 Å². The molecular formula is C8H7ClN2O. The zero-order valence-corrected chi connectivity index (χ0v) is 7.30. The second-order valence-corrected chi connectivity index (χ2v) is 2.72. The average Bonchev–Trinajstić information content (AvgIpc) is 2.07. The highest BCUT2D eigenvalue weighted by molar-refractivity contribution is 6.30. The number of pyridine rings is 1. The molecule has 1 heterocycles. The molecule has 62 valence electrons. The van der Waals surface area contributed by atoms with E-state index in [4.69, 9.17) is 11.6 Å². The number of hydrogen-bond acceptors (Lipinski definition) is 3. The van der Waals surface area contributed by atoms with Crippen LogP contribution >= 0.6 is 11.6 Å². The topological polar surface area (TPSA) is 42.3 Å². The van der Waals surface area contributed by atoms with Crippen molar-refractivity contribution in [3.63, 3.8) is 0 Å². The maximum Gasteiger partial charge on any atom is 0.235 e. The van der Waals surface area contributed by atoms with Gasteiger partial charge in [0.15, 0.2) is 0 Å². The number of isocyanates is 1. The summed E-state index contributed by atoms with van der Waals surface area (Å²) in [4.78, 5) is 17.1. The van der Waals surface area contributed by atoms with Gasteiger partial charge in [-0.1, -0.05) is 11.6 Å². The highest BCUT2D eigenvalue weighted by Crippen LogP contribution is 2.12. The quantitative estimate of drug-likeness (QED) is 0.398. The Kier molecular flexibility index (Phi) is 2.97. The Hall–Kier alpha value is -1.18. The number of hydrogen-bond donors (Lipinski definition) is 0. The van der Waals surface area contributed by atoms with Crippen LogP contribution in [0.15, 0.2) is 17.3 Å². The number of rotatable bonds is 2. The SMILES string of the molecule is Cc1cc(CN=C=O)cnc1Cl. The Labute approximate surface area is 75.1 Å². The van der Waals surface area contributed by atoms with Crippen molar-refractivity contribution in [1.82, 2.24) is 4.98 Å². The van der Waals surface area contributed by atoms with Crippen molar-refractivity contribution in [3.05, 3.63) is 28.5 Å². The first-order valence-corrected chi connectivity index (χ1v) is 3.76. The highest BCUT2D eigenvalue weighted by Gasteiger charge is 1.97. The van der Waals surface area contributed by atoms with E-state index in [0.29, 0.717) is 11.7 Å². The number of halogens is 1. The normalized spacial score (nSPS) is 9.17. The third-order valence-electron chi connectivity index (χ3n) is 1.40. The largest absolute Gasteiger partial charge is 0.244 e. The van der Waals surface area contributed by atoms with Gasteiger partial charge in [-0.3, -0.25) is 0 Å². The van der Waals surface area contributed by atoms with E-state index in [1.54, 1.807) is 6.20 Å². The van der Waals surface area contributed by atoms with Gasteiger partial charge in [0.25, 0.3) is 0 Å². The Balaban J connectivity index is 2.89. The minimum absolute atomic E-state index is 0.314. The second-order valence-electron chi connectivity index (χ2n) is 2.36. The summed E-state index contributed by atoms with van der Waals surface area (Å²) in [6.45, 7) is 2.16. The van der Waals surface area contributed by atoms with Crippen LogP contribution in [-0.2, 0) is 11.3 Å². The molecule has 0 aliphatic heterocycles. The average molecular weight is 183 g/mol. The summed E-state index contributed by atoms with van der Waals surface area (Å²) in [5, 5.41) is 0.480. The van der Waals surface area contributed by atoms with E-state index in [0.717, 1.165) is 11.1 Å². The van der Waals surface area contributed by atoms with E-state index in [1.165, 1.54) is 6.08 Å². The third-order valence-corrected chi connectivity index (χ3v) is 1.79. The Morgan fingerprint density at radius 2 is 2.50 bits per heavy atom. The van der Waals surface area contributed by atoms with Crippen LogP contribution in [0.5, 0.6) is 0 Å². The molecule has 0 N–H and O–H groups in total. The summed E-state index contributed by atoms with van der Waals surface area (Å²) in [6, 6.07) is 1.84. The summed E-state index contributed by atoms with van der Waals surface area (Å²) in [5.41, 5.74) is 1.75. The van der Waals surface area contributed by atoms with Gasteiger partial charge in [0.05, 0.1) is 6.54 Å². The first kappa shape index (κ1) is 8.91. The maximum absolute atomic E-state index is 9.79. The third kappa shape index (κ3) is 2.16. The minimum Gasteiger partial charge on any atom is -0.244 e. The molecule has 12 heavy (non-hydrogen) atoms. The second kappa shape index (κ2) is 4.00. The molecule has 0 radical (unpaired) electrons. The smallest absolute Gasteiger partial charge is 0.235 e. The monoisotopic (exact) mass is 182 g/mol. The minimum atomic E-state index is 0.314. The van der Waals surface area contributed by atoms with Crippen molar-refractivity contribution in [2.75, 3.05) is 0 Å². The molecule has 0 fully saturated rings. The molecule has 3 nitrogen and oxygen atoms in total.